The van der Waals surface area contributed by atoms with Crippen LogP contribution in [0.15, 0.2) is 267 Å². The number of nitrogens with zero attached hydrogens (tertiary/aromatic N) is 5. The first kappa shape index (κ1) is 53.3. The Kier molecular flexibility index (Phi) is 14.1. The minimum atomic E-state index is 0.00928. The second kappa shape index (κ2) is 22.5. The van der Waals surface area contributed by atoms with Gasteiger partial charge in [0.2, 0.25) is 11.4 Å². The maximum atomic E-state index is 5.46. The van der Waals surface area contributed by atoms with Crippen molar-refractivity contribution in [2.75, 3.05) is 0 Å². The number of unbranched alkanes of at least 4 members (excludes halogenated alkanes) is 1. The molecule has 3 atom stereocenters. The molecule has 1 fully saturated rings. The SMILES string of the molecule is CCCCc1ccc2[n+](c1)C1C(C)(CC)C1(CC[n+]1ccccc1-c1cc(-c3cccc(-c4nc(-c5cc(-c6ccccc6)cc(-c6ccccc6)c5)nc(-c5cc(-c6ccccc6)cc(-c6ccccc6)c5)n4)c3)ccc1C)c1ccccc1-2. The van der Waals surface area contributed by atoms with Crippen LogP contribution in [0.25, 0.3) is 112 Å². The zero-order chi connectivity index (χ0) is 57.5. The predicted molar refractivity (Wildman–Crippen MR) is 348 cm³/mol. The molecule has 0 saturated heterocycles. The van der Waals surface area contributed by atoms with E-state index in [1.807, 2.05) is 0 Å². The first-order chi connectivity index (χ1) is 41.8. The summed E-state index contributed by atoms with van der Waals surface area (Å²) >= 11 is 0. The molecule has 0 bridgehead atoms. The lowest BCUT2D eigenvalue weighted by Crippen LogP contribution is -2.44. The van der Waals surface area contributed by atoms with Gasteiger partial charge in [0.1, 0.15) is 6.54 Å². The van der Waals surface area contributed by atoms with E-state index in [1.54, 1.807) is 0 Å². The fraction of sp³-hybridized carbons (Fsp3) is 0.163. The molecule has 1 aliphatic heterocycles. The van der Waals surface area contributed by atoms with E-state index in [0.717, 1.165) is 98.1 Å². The molecular formula is C80H69N5+2. The van der Waals surface area contributed by atoms with Crippen molar-refractivity contribution in [3.63, 3.8) is 0 Å². The number of pyridine rings is 2. The third kappa shape index (κ3) is 9.87. The van der Waals surface area contributed by atoms with Gasteiger partial charge in [-0.25, -0.2) is 15.0 Å². The summed E-state index contributed by atoms with van der Waals surface area (Å²) in [4.78, 5) is 16.4. The second-order valence-electron chi connectivity index (χ2n) is 23.6. The van der Waals surface area contributed by atoms with E-state index >= 15 is 0 Å². The lowest BCUT2D eigenvalue weighted by molar-refractivity contribution is -0.705. The number of aromatic nitrogens is 5. The van der Waals surface area contributed by atoms with Gasteiger partial charge in [0, 0.05) is 57.9 Å². The largest absolute Gasteiger partial charge is 0.213 e. The monoisotopic (exact) mass is 1100 g/mol. The van der Waals surface area contributed by atoms with Crippen LogP contribution in [0.1, 0.15) is 69.2 Å². The Morgan fingerprint density at radius 3 is 1.46 bits per heavy atom. The van der Waals surface area contributed by atoms with E-state index in [9.17, 15) is 0 Å². The number of fused-ring (bicyclic) bond motifs is 6. The molecule has 3 aromatic heterocycles. The average Bonchev–Trinajstić information content (AvgIpc) is 1.48. The highest BCUT2D eigenvalue weighted by Gasteiger charge is 2.82. The molecule has 4 heterocycles. The molecule has 0 amide bonds. The van der Waals surface area contributed by atoms with E-state index in [0.29, 0.717) is 23.5 Å². The molecule has 0 spiro atoms. The highest BCUT2D eigenvalue weighted by molar-refractivity contribution is 5.84. The van der Waals surface area contributed by atoms with Crippen LogP contribution in [0.4, 0.5) is 0 Å². The normalized spacial score (nSPS) is 16.5. The third-order valence-corrected chi connectivity index (χ3v) is 18.7. The van der Waals surface area contributed by atoms with Crippen molar-refractivity contribution >= 4 is 0 Å². The summed E-state index contributed by atoms with van der Waals surface area (Å²) < 4.78 is 5.20. The van der Waals surface area contributed by atoms with Gasteiger partial charge in [-0.05, 0) is 160 Å². The van der Waals surface area contributed by atoms with Crippen molar-refractivity contribution in [3.05, 3.63) is 284 Å². The Morgan fingerprint density at radius 1 is 0.412 bits per heavy atom. The Bertz CT molecular complexity index is 4160. The van der Waals surface area contributed by atoms with E-state index in [-0.39, 0.29) is 10.8 Å². The molecule has 9 aromatic carbocycles. The molecule has 14 rings (SSSR count). The summed E-state index contributed by atoms with van der Waals surface area (Å²) in [7, 11) is 0. The maximum Gasteiger partial charge on any atom is 0.213 e. The van der Waals surface area contributed by atoms with Gasteiger partial charge in [0.05, 0.1) is 11.0 Å². The Hall–Kier alpha value is -9.71. The van der Waals surface area contributed by atoms with Gasteiger partial charge in [-0.15, -0.1) is 0 Å². The minimum absolute atomic E-state index is 0.00928. The lowest BCUT2D eigenvalue weighted by Gasteiger charge is -2.24. The van der Waals surface area contributed by atoms with Gasteiger partial charge < -0.3 is 0 Å². The Morgan fingerprint density at radius 2 is 0.894 bits per heavy atom. The molecule has 5 nitrogen and oxygen atoms in total. The molecule has 12 aromatic rings. The summed E-state index contributed by atoms with van der Waals surface area (Å²) in [5.41, 5.74) is 23.3. The van der Waals surface area contributed by atoms with Crippen LogP contribution >= 0.6 is 0 Å². The molecule has 1 aliphatic carbocycles. The molecule has 0 N–H and O–H groups in total. The molecule has 1 saturated carbocycles. The van der Waals surface area contributed by atoms with Crippen LogP contribution in [-0.4, -0.2) is 15.0 Å². The van der Waals surface area contributed by atoms with Crippen molar-refractivity contribution in [3.8, 4) is 112 Å². The fourth-order valence-electron chi connectivity index (χ4n) is 14.0. The molecule has 85 heavy (non-hydrogen) atoms. The lowest BCUT2D eigenvalue weighted by atomic mass is 9.79. The summed E-state index contributed by atoms with van der Waals surface area (Å²) in [5, 5.41) is 0. The van der Waals surface area contributed by atoms with Crippen LogP contribution in [0.2, 0.25) is 0 Å². The number of aryl methyl sites for hydroxylation is 3. The molecule has 3 unspecified atom stereocenters. The first-order valence-electron chi connectivity index (χ1n) is 30.4. The van der Waals surface area contributed by atoms with Gasteiger partial charge in [0.15, 0.2) is 35.9 Å². The van der Waals surface area contributed by atoms with Gasteiger partial charge in [0.25, 0.3) is 0 Å². The van der Waals surface area contributed by atoms with Gasteiger partial charge in [-0.1, -0.05) is 197 Å². The molecule has 412 valence electrons. The summed E-state index contributed by atoms with van der Waals surface area (Å²) in [6.07, 6.45) is 10.5. The van der Waals surface area contributed by atoms with E-state index in [4.69, 9.17) is 15.0 Å². The van der Waals surface area contributed by atoms with Crippen molar-refractivity contribution in [1.29, 1.82) is 0 Å². The minimum Gasteiger partial charge on any atom is -0.208 e. The predicted octanol–water partition coefficient (Wildman–Crippen LogP) is 19.1. The van der Waals surface area contributed by atoms with Gasteiger partial charge >= 0.3 is 0 Å². The van der Waals surface area contributed by atoms with Crippen LogP contribution in [0.3, 0.4) is 0 Å². The zero-order valence-electron chi connectivity index (χ0n) is 49.0. The van der Waals surface area contributed by atoms with Crippen LogP contribution < -0.4 is 9.13 Å². The zero-order valence-corrected chi connectivity index (χ0v) is 49.0. The van der Waals surface area contributed by atoms with Gasteiger partial charge in [-0.3, -0.25) is 0 Å². The highest BCUT2D eigenvalue weighted by atomic mass is 15.1. The quantitative estimate of drug-likeness (QED) is 0.0906. The molecule has 5 heteroatoms. The fourth-order valence-corrected chi connectivity index (χ4v) is 14.0. The summed E-state index contributed by atoms with van der Waals surface area (Å²) in [6.45, 7) is 10.4. The number of hydrogen-bond donors (Lipinski definition) is 0. The average molecular weight is 1100 g/mol. The molecule has 2 aliphatic rings. The van der Waals surface area contributed by atoms with Crippen LogP contribution in [0, 0.1) is 12.3 Å². The first-order valence-corrected chi connectivity index (χ1v) is 30.4. The molecule has 0 radical (unpaired) electrons. The third-order valence-electron chi connectivity index (χ3n) is 18.7. The smallest absolute Gasteiger partial charge is 0.208 e. The van der Waals surface area contributed by atoms with Crippen molar-refractivity contribution in [2.24, 2.45) is 5.41 Å². The number of rotatable bonds is 16. The van der Waals surface area contributed by atoms with E-state index in [2.05, 4.69) is 304 Å². The van der Waals surface area contributed by atoms with Crippen LogP contribution in [-0.2, 0) is 18.4 Å². The highest BCUT2D eigenvalue weighted by Crippen LogP contribution is 2.76. The van der Waals surface area contributed by atoms with E-state index < -0.39 is 0 Å². The van der Waals surface area contributed by atoms with Crippen molar-refractivity contribution in [1.82, 2.24) is 15.0 Å². The number of hydrogen-bond acceptors (Lipinski definition) is 3. The van der Waals surface area contributed by atoms with Crippen molar-refractivity contribution < 1.29 is 9.13 Å². The maximum absolute atomic E-state index is 5.46. The van der Waals surface area contributed by atoms with Crippen LogP contribution in [0.5, 0.6) is 0 Å². The van der Waals surface area contributed by atoms with Crippen molar-refractivity contribution in [2.45, 2.75) is 77.8 Å². The van der Waals surface area contributed by atoms with Gasteiger partial charge in [-0.2, -0.15) is 9.13 Å². The van der Waals surface area contributed by atoms with E-state index in [1.165, 1.54) is 52.0 Å². The molecular weight excluding hydrogens is 1030 g/mol. The summed E-state index contributed by atoms with van der Waals surface area (Å²) in [6, 6.07) is 92.6. The standard InChI is InChI=1S/C80H69N5/c1-5-7-25-56-40-42-74-70-36-20-21-37-72(70)80(78(85(74)54-56)79(80,4)6-2)43-45-84-44-23-22-38-73(84)71-53-62(41-39-55(71)3)61-34-24-35-63(46-61)75-81-76(68-49-64(57-26-12-8-13-27-57)47-65(50-68)58-28-14-9-15-29-58)83-77(82-75)69-51-66(59-30-16-10-17-31-59)48-67(52-69)60-32-18-11-19-33-60/h8-24,26-42,44,46-54,78H,5-7,25,43,45H2,1-4H3/q+2. The number of benzene rings is 9. The summed E-state index contributed by atoms with van der Waals surface area (Å²) in [5.74, 6) is 1.81. The topological polar surface area (TPSA) is 46.4 Å². The second-order valence-corrected chi connectivity index (χ2v) is 23.6. The Balaban J connectivity index is 0.863. The Labute approximate surface area is 500 Å².